The number of rotatable bonds is 7. The van der Waals surface area contributed by atoms with Gasteiger partial charge in [-0.1, -0.05) is 44.7 Å². The minimum Gasteiger partial charge on any atom is -0.463 e. The molecule has 0 radical (unpaired) electrons. The van der Waals surface area contributed by atoms with E-state index in [9.17, 15) is 32.3 Å². The van der Waals surface area contributed by atoms with E-state index < -0.39 is 66.4 Å². The Hall–Kier alpha value is -2.80. The fourth-order valence-corrected chi connectivity index (χ4v) is 4.98. The molecule has 1 aliphatic heterocycles. The van der Waals surface area contributed by atoms with Crippen LogP contribution in [-0.4, -0.2) is 66.4 Å². The number of aryl methyl sites for hydroxylation is 1. The minimum atomic E-state index is -5.26. The molecular formula is C25H32F3NO8S. The third kappa shape index (κ3) is 8.62. The summed E-state index contributed by atoms with van der Waals surface area (Å²) in [6.07, 6.45) is -9.58. The van der Waals surface area contributed by atoms with Gasteiger partial charge in [-0.3, -0.25) is 19.2 Å². The Kier molecular flexibility index (Phi) is 10.2. The number of carbonyl (C=O) groups excluding carboxylic acids is 4. The molecule has 0 bridgehead atoms. The largest absolute Gasteiger partial charge is 0.471 e. The Balaban J connectivity index is 2.62. The average Bonchev–Trinajstić information content (AvgIpc) is 2.75. The molecule has 0 spiro atoms. The lowest BCUT2D eigenvalue weighted by molar-refractivity contribution is -0.214. The molecule has 1 aromatic carbocycles. The standard InChI is InChI=1S/C25H32F3NO8S/c1-12-8-9-16(24(5,6)7)10-18(12)38-22-19(29-23(33)25(26,27)28)21(36-15(4)32)20(35-14(3)31)17(37-22)11-34-13(2)30/h8-10,17,19-22H,11H2,1-7H3,(H,29,33)/t17-,19-,20-,21-,22+/m1/s1. The maximum Gasteiger partial charge on any atom is 0.471 e. The maximum atomic E-state index is 13.3. The number of alkyl halides is 3. The molecule has 0 saturated carbocycles. The van der Waals surface area contributed by atoms with Gasteiger partial charge in [-0.2, -0.15) is 13.2 Å². The van der Waals surface area contributed by atoms with Crippen LogP contribution in [0.3, 0.4) is 0 Å². The number of carbonyl (C=O) groups is 4. The molecule has 1 fully saturated rings. The van der Waals surface area contributed by atoms with E-state index in [0.29, 0.717) is 4.90 Å². The van der Waals surface area contributed by atoms with E-state index in [1.54, 1.807) is 6.92 Å². The summed E-state index contributed by atoms with van der Waals surface area (Å²) in [5.74, 6) is -4.75. The van der Waals surface area contributed by atoms with Crippen molar-refractivity contribution in [1.29, 1.82) is 0 Å². The van der Waals surface area contributed by atoms with E-state index in [-0.39, 0.29) is 5.41 Å². The zero-order chi connectivity index (χ0) is 29.0. The van der Waals surface area contributed by atoms with Gasteiger partial charge in [-0.25, -0.2) is 0 Å². The molecule has 2 rings (SSSR count). The number of thioether (sulfide) groups is 1. The zero-order valence-corrected chi connectivity index (χ0v) is 23.0. The maximum absolute atomic E-state index is 13.3. The van der Waals surface area contributed by atoms with Crippen LogP contribution in [-0.2, 0) is 43.5 Å². The molecule has 38 heavy (non-hydrogen) atoms. The SMILES string of the molecule is CC(=O)OC[C@H]1O[C@@H](Sc2cc(C(C)(C)C)ccc2C)[C@H](NC(=O)C(F)(F)F)[C@@H](OC(C)=O)[C@@H]1OC(C)=O. The zero-order valence-electron chi connectivity index (χ0n) is 22.1. The fraction of sp³-hybridized carbons (Fsp3) is 0.600. The van der Waals surface area contributed by atoms with Gasteiger partial charge in [0.15, 0.2) is 12.2 Å². The van der Waals surface area contributed by atoms with E-state index in [0.717, 1.165) is 43.7 Å². The number of nitrogens with one attached hydrogen (secondary N) is 1. The lowest BCUT2D eigenvalue weighted by Crippen LogP contribution is -2.66. The van der Waals surface area contributed by atoms with Gasteiger partial charge in [0.05, 0.1) is 0 Å². The summed E-state index contributed by atoms with van der Waals surface area (Å²) in [6.45, 7) is 10.5. The summed E-state index contributed by atoms with van der Waals surface area (Å²) in [6, 6.07) is 4.02. The van der Waals surface area contributed by atoms with Crippen LogP contribution in [0.4, 0.5) is 13.2 Å². The Labute approximate surface area is 223 Å². The molecular weight excluding hydrogens is 531 g/mol. The van der Waals surface area contributed by atoms with Gasteiger partial charge in [0.2, 0.25) is 0 Å². The van der Waals surface area contributed by atoms with Crippen LogP contribution < -0.4 is 5.32 Å². The summed E-state index contributed by atoms with van der Waals surface area (Å²) in [5, 5.41) is 1.85. The summed E-state index contributed by atoms with van der Waals surface area (Å²) in [4.78, 5) is 48.0. The van der Waals surface area contributed by atoms with Crippen molar-refractivity contribution in [2.75, 3.05) is 6.61 Å². The number of hydrogen-bond donors (Lipinski definition) is 1. The monoisotopic (exact) mass is 563 g/mol. The van der Waals surface area contributed by atoms with Gasteiger partial charge in [0.25, 0.3) is 0 Å². The second kappa shape index (κ2) is 12.4. The fourth-order valence-electron chi connectivity index (χ4n) is 3.71. The van der Waals surface area contributed by atoms with Crippen molar-refractivity contribution in [3.63, 3.8) is 0 Å². The first-order valence-electron chi connectivity index (χ1n) is 11.7. The lowest BCUT2D eigenvalue weighted by Gasteiger charge is -2.45. The molecule has 13 heteroatoms. The van der Waals surface area contributed by atoms with Crippen molar-refractivity contribution in [3.8, 4) is 0 Å². The van der Waals surface area contributed by atoms with Gasteiger partial charge in [0.1, 0.15) is 24.2 Å². The third-order valence-corrected chi connectivity index (χ3v) is 6.88. The second-order valence-corrected chi connectivity index (χ2v) is 11.0. The number of amides is 1. The van der Waals surface area contributed by atoms with Gasteiger partial charge in [-0.05, 0) is 29.5 Å². The quantitative estimate of drug-likeness (QED) is 0.392. The van der Waals surface area contributed by atoms with Gasteiger partial charge < -0.3 is 24.3 Å². The van der Waals surface area contributed by atoms with Gasteiger partial charge in [-0.15, -0.1) is 0 Å². The minimum absolute atomic E-state index is 0.251. The van der Waals surface area contributed by atoms with Crippen LogP contribution in [0.1, 0.15) is 52.7 Å². The van der Waals surface area contributed by atoms with Crippen molar-refractivity contribution in [2.45, 2.75) is 94.7 Å². The first-order chi connectivity index (χ1) is 17.4. The van der Waals surface area contributed by atoms with Crippen molar-refractivity contribution >= 4 is 35.6 Å². The number of hydrogen-bond acceptors (Lipinski definition) is 9. The Morgan fingerprint density at radius 1 is 0.974 bits per heavy atom. The Bertz CT molecular complexity index is 1060. The van der Waals surface area contributed by atoms with E-state index in [1.807, 2.05) is 44.3 Å². The molecule has 1 aromatic rings. The van der Waals surface area contributed by atoms with Gasteiger partial charge in [0, 0.05) is 25.7 Å². The van der Waals surface area contributed by atoms with Crippen LogP contribution >= 0.6 is 11.8 Å². The molecule has 1 saturated heterocycles. The summed E-state index contributed by atoms with van der Waals surface area (Å²) < 4.78 is 61.4. The molecule has 9 nitrogen and oxygen atoms in total. The topological polar surface area (TPSA) is 117 Å². The number of benzene rings is 1. The van der Waals surface area contributed by atoms with Gasteiger partial charge >= 0.3 is 30.0 Å². The van der Waals surface area contributed by atoms with Crippen LogP contribution in [0, 0.1) is 6.92 Å². The summed E-state index contributed by atoms with van der Waals surface area (Å²) in [7, 11) is 0. The first-order valence-corrected chi connectivity index (χ1v) is 12.6. The number of esters is 3. The predicted octanol–water partition coefficient (Wildman–Crippen LogP) is 3.58. The van der Waals surface area contributed by atoms with Crippen LogP contribution in [0.25, 0.3) is 0 Å². The van der Waals surface area contributed by atoms with Crippen molar-refractivity contribution in [3.05, 3.63) is 29.3 Å². The highest BCUT2D eigenvalue weighted by molar-refractivity contribution is 7.99. The molecule has 1 aliphatic rings. The summed E-state index contributed by atoms with van der Waals surface area (Å²) >= 11 is 0.995. The molecule has 1 amide bonds. The van der Waals surface area contributed by atoms with Crippen LogP contribution in [0.2, 0.25) is 0 Å². The normalized spacial score (nSPS) is 23.8. The highest BCUT2D eigenvalue weighted by Crippen LogP contribution is 2.39. The molecule has 5 atom stereocenters. The molecule has 1 heterocycles. The molecule has 0 unspecified atom stereocenters. The number of halogens is 3. The predicted molar refractivity (Wildman–Crippen MR) is 130 cm³/mol. The van der Waals surface area contributed by atoms with E-state index in [4.69, 9.17) is 18.9 Å². The average molecular weight is 564 g/mol. The van der Waals surface area contributed by atoms with Crippen LogP contribution in [0.15, 0.2) is 23.1 Å². The molecule has 0 aromatic heterocycles. The number of ether oxygens (including phenoxy) is 4. The van der Waals surface area contributed by atoms with E-state index in [2.05, 4.69) is 0 Å². The van der Waals surface area contributed by atoms with Crippen molar-refractivity contribution in [1.82, 2.24) is 5.32 Å². The Morgan fingerprint density at radius 2 is 1.55 bits per heavy atom. The van der Waals surface area contributed by atoms with E-state index in [1.165, 1.54) is 0 Å². The second-order valence-electron chi connectivity index (χ2n) is 9.84. The molecule has 212 valence electrons. The van der Waals surface area contributed by atoms with Crippen molar-refractivity contribution < 1.29 is 51.3 Å². The first kappa shape index (κ1) is 31.4. The lowest BCUT2D eigenvalue weighted by atomic mass is 9.87. The molecule has 0 aliphatic carbocycles. The van der Waals surface area contributed by atoms with Crippen molar-refractivity contribution in [2.24, 2.45) is 0 Å². The summed E-state index contributed by atoms with van der Waals surface area (Å²) in [5.41, 5.74) is 0.184. The highest BCUT2D eigenvalue weighted by atomic mass is 32.2. The Morgan fingerprint density at radius 3 is 2.05 bits per heavy atom. The smallest absolute Gasteiger partial charge is 0.463 e. The molecule has 1 N–H and O–H groups in total. The highest BCUT2D eigenvalue weighted by Gasteiger charge is 2.53. The third-order valence-electron chi connectivity index (χ3n) is 5.55. The van der Waals surface area contributed by atoms with Crippen LogP contribution in [0.5, 0.6) is 0 Å². The van der Waals surface area contributed by atoms with E-state index >= 15 is 0 Å².